The number of rotatable bonds is 1. The maximum Gasteiger partial charge on any atom is 0.410 e. The van der Waals surface area contributed by atoms with Gasteiger partial charge in [0.05, 0.1) is 0 Å². The lowest BCUT2D eigenvalue weighted by Gasteiger charge is -2.38. The van der Waals surface area contributed by atoms with E-state index in [1.165, 1.54) is 27.9 Å². The Balaban J connectivity index is 1.48. The minimum Gasteiger partial charge on any atom is -0.444 e. The van der Waals surface area contributed by atoms with Gasteiger partial charge in [-0.15, -0.1) is 0 Å². The molecule has 0 spiro atoms. The molecule has 4 nitrogen and oxygen atoms in total. The van der Waals surface area contributed by atoms with Gasteiger partial charge < -0.3 is 14.5 Å². The molecule has 1 fully saturated rings. The van der Waals surface area contributed by atoms with Gasteiger partial charge in [0, 0.05) is 37.3 Å². The number of nitrogens with zero attached hydrogens (tertiary/aromatic N) is 2. The molecule has 4 heteroatoms. The number of amides is 1. The molecule has 5 rings (SSSR count). The number of likely N-dealkylation sites (tertiary alicyclic amines) is 1. The number of anilines is 1. The van der Waals surface area contributed by atoms with E-state index in [4.69, 9.17) is 4.74 Å². The van der Waals surface area contributed by atoms with Crippen molar-refractivity contribution in [3.63, 3.8) is 0 Å². The predicted molar refractivity (Wildman–Crippen MR) is 112 cm³/mol. The molecular formula is C24H28N2O2. The van der Waals surface area contributed by atoms with Gasteiger partial charge in [0.25, 0.3) is 0 Å². The zero-order chi connectivity index (χ0) is 19.5. The van der Waals surface area contributed by atoms with Crippen molar-refractivity contribution < 1.29 is 9.53 Å². The van der Waals surface area contributed by atoms with Crippen molar-refractivity contribution in [3.05, 3.63) is 53.6 Å². The highest BCUT2D eigenvalue weighted by Crippen LogP contribution is 2.50. The lowest BCUT2D eigenvalue weighted by atomic mass is 9.86. The molecule has 3 aliphatic heterocycles. The van der Waals surface area contributed by atoms with Crippen LogP contribution in [0.1, 0.15) is 44.2 Å². The highest BCUT2D eigenvalue weighted by Gasteiger charge is 2.46. The number of hydrogen-bond donors (Lipinski definition) is 0. The van der Waals surface area contributed by atoms with Crippen LogP contribution >= 0.6 is 0 Å². The summed E-state index contributed by atoms with van der Waals surface area (Å²) >= 11 is 0. The van der Waals surface area contributed by atoms with Crippen LogP contribution < -0.4 is 4.90 Å². The third-order valence-corrected chi connectivity index (χ3v) is 6.26. The molecule has 3 aliphatic rings. The maximum atomic E-state index is 12.7. The van der Waals surface area contributed by atoms with E-state index in [-0.39, 0.29) is 6.09 Å². The van der Waals surface area contributed by atoms with Crippen LogP contribution in [0.2, 0.25) is 0 Å². The van der Waals surface area contributed by atoms with E-state index in [9.17, 15) is 4.79 Å². The molecule has 0 aromatic heterocycles. The van der Waals surface area contributed by atoms with Gasteiger partial charge >= 0.3 is 6.09 Å². The monoisotopic (exact) mass is 376 g/mol. The second-order valence-electron chi connectivity index (χ2n) is 9.27. The van der Waals surface area contributed by atoms with Crippen molar-refractivity contribution in [1.82, 2.24) is 4.90 Å². The molecule has 0 radical (unpaired) electrons. The molecule has 2 aromatic rings. The van der Waals surface area contributed by atoms with Crippen molar-refractivity contribution in [2.24, 2.45) is 0 Å². The molecule has 3 heterocycles. The largest absolute Gasteiger partial charge is 0.444 e. The van der Waals surface area contributed by atoms with Crippen LogP contribution in [0.5, 0.6) is 0 Å². The number of ether oxygens (including phenoxy) is 1. The van der Waals surface area contributed by atoms with Gasteiger partial charge in [0.2, 0.25) is 0 Å². The van der Waals surface area contributed by atoms with Crippen molar-refractivity contribution in [1.29, 1.82) is 0 Å². The molecule has 0 saturated carbocycles. The number of fused-ring (bicyclic) bond motifs is 3. The molecule has 146 valence electrons. The SMILES string of the molecule is CC(C)(C)OC(=O)N1CC[C@H]2[C@@H](C1)c1cc(-c3ccccc3)cc3c1N2CC3. The first-order chi connectivity index (χ1) is 13.4. The zero-order valence-corrected chi connectivity index (χ0v) is 16.9. The Morgan fingerprint density at radius 3 is 2.61 bits per heavy atom. The zero-order valence-electron chi connectivity index (χ0n) is 16.9. The average molecular weight is 377 g/mol. The molecule has 1 saturated heterocycles. The molecule has 0 N–H and O–H groups in total. The molecule has 0 aliphatic carbocycles. The fourth-order valence-corrected chi connectivity index (χ4v) is 5.13. The lowest BCUT2D eigenvalue weighted by Crippen LogP contribution is -2.49. The van der Waals surface area contributed by atoms with E-state index >= 15 is 0 Å². The van der Waals surface area contributed by atoms with Gasteiger partial charge in [-0.1, -0.05) is 30.3 Å². The normalized spacial score (nSPS) is 22.8. The summed E-state index contributed by atoms with van der Waals surface area (Å²) in [5.74, 6) is 0.374. The Morgan fingerprint density at radius 1 is 1.07 bits per heavy atom. The van der Waals surface area contributed by atoms with Crippen LogP contribution in [0, 0.1) is 0 Å². The summed E-state index contributed by atoms with van der Waals surface area (Å²) in [4.78, 5) is 17.2. The highest BCUT2D eigenvalue weighted by molar-refractivity contribution is 5.78. The number of hydrogen-bond acceptors (Lipinski definition) is 3. The Kier molecular flexibility index (Phi) is 3.94. The third kappa shape index (κ3) is 2.86. The molecule has 0 bridgehead atoms. The van der Waals surface area contributed by atoms with E-state index in [2.05, 4.69) is 47.4 Å². The Bertz CT molecular complexity index is 916. The summed E-state index contributed by atoms with van der Waals surface area (Å²) in [6.45, 7) is 8.43. The van der Waals surface area contributed by atoms with Crippen LogP contribution in [0.3, 0.4) is 0 Å². The van der Waals surface area contributed by atoms with Gasteiger partial charge in [-0.25, -0.2) is 4.79 Å². The van der Waals surface area contributed by atoms with Gasteiger partial charge in [-0.2, -0.15) is 0 Å². The summed E-state index contributed by atoms with van der Waals surface area (Å²) in [7, 11) is 0. The molecule has 28 heavy (non-hydrogen) atoms. The summed E-state index contributed by atoms with van der Waals surface area (Å²) in [5, 5.41) is 0. The van der Waals surface area contributed by atoms with E-state index in [0.717, 1.165) is 32.5 Å². The van der Waals surface area contributed by atoms with Crippen molar-refractivity contribution in [2.75, 3.05) is 24.5 Å². The first-order valence-corrected chi connectivity index (χ1v) is 10.4. The van der Waals surface area contributed by atoms with Gasteiger partial charge in [0.1, 0.15) is 5.60 Å². The summed E-state index contributed by atoms with van der Waals surface area (Å²) in [6.07, 6.45) is 1.96. The highest BCUT2D eigenvalue weighted by atomic mass is 16.6. The Labute approximate surface area is 167 Å². The standard InChI is InChI=1S/C24H28N2O2/c1-24(2,3)28-23(27)25-11-10-21-20(15-25)19-14-18(16-7-5-4-6-8-16)13-17-9-12-26(21)22(17)19/h4-8,13-14,20-21H,9-12,15H2,1-3H3/t20-,21-/m0/s1. The summed E-state index contributed by atoms with van der Waals surface area (Å²) in [5.41, 5.74) is 6.45. The van der Waals surface area contributed by atoms with Gasteiger partial charge in [-0.3, -0.25) is 0 Å². The molecule has 1 amide bonds. The fourth-order valence-electron chi connectivity index (χ4n) is 5.13. The summed E-state index contributed by atoms with van der Waals surface area (Å²) in [6, 6.07) is 15.9. The van der Waals surface area contributed by atoms with Crippen LogP contribution in [0.25, 0.3) is 11.1 Å². The van der Waals surface area contributed by atoms with E-state index in [0.29, 0.717) is 12.0 Å². The van der Waals surface area contributed by atoms with Crippen LogP contribution in [-0.2, 0) is 11.2 Å². The third-order valence-electron chi connectivity index (χ3n) is 6.26. The van der Waals surface area contributed by atoms with Crippen molar-refractivity contribution >= 4 is 11.8 Å². The quantitative estimate of drug-likeness (QED) is 0.715. The Morgan fingerprint density at radius 2 is 1.86 bits per heavy atom. The second-order valence-corrected chi connectivity index (χ2v) is 9.27. The lowest BCUT2D eigenvalue weighted by molar-refractivity contribution is 0.0189. The minimum atomic E-state index is -0.452. The molecular weight excluding hydrogens is 348 g/mol. The van der Waals surface area contributed by atoms with E-state index in [1.54, 1.807) is 0 Å². The molecule has 2 aromatic carbocycles. The van der Waals surface area contributed by atoms with Crippen molar-refractivity contribution in [3.8, 4) is 11.1 Å². The minimum absolute atomic E-state index is 0.178. The molecule has 0 unspecified atom stereocenters. The summed E-state index contributed by atoms with van der Waals surface area (Å²) < 4.78 is 5.64. The van der Waals surface area contributed by atoms with Crippen molar-refractivity contribution in [2.45, 2.75) is 51.2 Å². The molecule has 2 atom stereocenters. The topological polar surface area (TPSA) is 32.8 Å². The van der Waals surface area contributed by atoms with Gasteiger partial charge in [0.15, 0.2) is 0 Å². The first kappa shape index (κ1) is 17.6. The number of carbonyl (C=O) groups excluding carboxylic acids is 1. The second kappa shape index (κ2) is 6.26. The van der Waals surface area contributed by atoms with Crippen LogP contribution in [0.15, 0.2) is 42.5 Å². The smallest absolute Gasteiger partial charge is 0.410 e. The fraction of sp³-hybridized carbons (Fsp3) is 0.458. The average Bonchev–Trinajstić information content (AvgIpc) is 3.23. The number of piperidine rings is 1. The van der Waals surface area contributed by atoms with E-state index in [1.807, 2.05) is 25.7 Å². The maximum absolute atomic E-state index is 12.7. The predicted octanol–water partition coefficient (Wildman–Crippen LogP) is 4.82. The van der Waals surface area contributed by atoms with Crippen LogP contribution in [0.4, 0.5) is 10.5 Å². The number of benzene rings is 2. The number of carbonyl (C=O) groups is 1. The van der Waals surface area contributed by atoms with Gasteiger partial charge in [-0.05, 0) is 68.0 Å². The van der Waals surface area contributed by atoms with Crippen LogP contribution in [-0.4, -0.2) is 42.3 Å². The first-order valence-electron chi connectivity index (χ1n) is 10.4. The Hall–Kier alpha value is -2.49. The van der Waals surface area contributed by atoms with E-state index < -0.39 is 5.60 Å².